The van der Waals surface area contributed by atoms with E-state index in [1.54, 1.807) is 11.0 Å². The zero-order chi connectivity index (χ0) is 16.4. The molecule has 23 heavy (non-hydrogen) atoms. The fraction of sp³-hybridized carbons (Fsp3) is 0.643. The van der Waals surface area contributed by atoms with Gasteiger partial charge in [0.25, 0.3) is 10.0 Å². The van der Waals surface area contributed by atoms with Crippen LogP contribution in [-0.2, 0) is 10.0 Å². The Morgan fingerprint density at radius 3 is 2.39 bits per heavy atom. The minimum atomic E-state index is -3.50. The minimum absolute atomic E-state index is 0.0758. The molecular formula is C14H20ClN3O3S2. The molecule has 1 aliphatic heterocycles. The van der Waals surface area contributed by atoms with Gasteiger partial charge < -0.3 is 10.2 Å². The van der Waals surface area contributed by atoms with E-state index in [9.17, 15) is 13.2 Å². The van der Waals surface area contributed by atoms with Crippen molar-refractivity contribution in [2.75, 3.05) is 26.2 Å². The van der Waals surface area contributed by atoms with E-state index in [0.717, 1.165) is 24.2 Å². The summed E-state index contributed by atoms with van der Waals surface area (Å²) < 4.78 is 27.2. The topological polar surface area (TPSA) is 69.7 Å². The Hall–Kier alpha value is -0.830. The summed E-state index contributed by atoms with van der Waals surface area (Å²) in [6, 6.07) is 3.32. The van der Waals surface area contributed by atoms with Crippen molar-refractivity contribution in [3.63, 3.8) is 0 Å². The van der Waals surface area contributed by atoms with Crippen LogP contribution in [-0.4, -0.2) is 55.9 Å². The fourth-order valence-electron chi connectivity index (χ4n) is 3.03. The summed E-state index contributed by atoms with van der Waals surface area (Å²) in [6.45, 7) is 1.46. The number of carbonyl (C=O) groups excluding carboxylic acids is 1. The van der Waals surface area contributed by atoms with Crippen LogP contribution in [0.1, 0.15) is 25.7 Å². The number of rotatable bonds is 3. The van der Waals surface area contributed by atoms with E-state index in [-0.39, 0.29) is 16.3 Å². The molecule has 1 aliphatic carbocycles. The van der Waals surface area contributed by atoms with Gasteiger partial charge in [-0.25, -0.2) is 13.2 Å². The molecule has 0 radical (unpaired) electrons. The van der Waals surface area contributed by atoms with Crippen LogP contribution in [0.4, 0.5) is 4.79 Å². The van der Waals surface area contributed by atoms with Crippen LogP contribution >= 0.6 is 22.9 Å². The molecule has 1 saturated heterocycles. The summed E-state index contributed by atoms with van der Waals surface area (Å²) in [6.07, 6.45) is 4.42. The van der Waals surface area contributed by atoms with Gasteiger partial charge in [0, 0.05) is 32.2 Å². The molecule has 2 aliphatic rings. The third-order valence-electron chi connectivity index (χ3n) is 4.35. The number of hydrogen-bond acceptors (Lipinski definition) is 4. The highest BCUT2D eigenvalue weighted by atomic mass is 35.5. The molecular weight excluding hydrogens is 358 g/mol. The molecule has 0 aromatic carbocycles. The van der Waals surface area contributed by atoms with Crippen LogP contribution < -0.4 is 5.32 Å². The molecule has 0 spiro atoms. The summed E-state index contributed by atoms with van der Waals surface area (Å²) in [5.74, 6) is 0. The van der Waals surface area contributed by atoms with Crippen LogP contribution in [0.5, 0.6) is 0 Å². The van der Waals surface area contributed by atoms with Crippen LogP contribution in [0.3, 0.4) is 0 Å². The lowest BCUT2D eigenvalue weighted by atomic mass is 10.2. The first-order valence-corrected chi connectivity index (χ1v) is 10.4. The molecule has 2 amide bonds. The van der Waals surface area contributed by atoms with Gasteiger partial charge in [0.2, 0.25) is 0 Å². The van der Waals surface area contributed by atoms with Gasteiger partial charge >= 0.3 is 6.03 Å². The largest absolute Gasteiger partial charge is 0.335 e. The van der Waals surface area contributed by atoms with Gasteiger partial charge in [-0.15, -0.1) is 11.3 Å². The molecule has 9 heteroatoms. The first-order chi connectivity index (χ1) is 11.0. The maximum Gasteiger partial charge on any atom is 0.317 e. The van der Waals surface area contributed by atoms with Crippen molar-refractivity contribution in [2.45, 2.75) is 35.9 Å². The highest BCUT2D eigenvalue weighted by molar-refractivity contribution is 7.91. The first-order valence-electron chi connectivity index (χ1n) is 7.78. The monoisotopic (exact) mass is 377 g/mol. The third kappa shape index (κ3) is 3.81. The number of urea groups is 1. The van der Waals surface area contributed by atoms with E-state index in [4.69, 9.17) is 11.6 Å². The summed E-state index contributed by atoms with van der Waals surface area (Å²) >= 11 is 6.89. The number of piperazine rings is 1. The Morgan fingerprint density at radius 2 is 1.83 bits per heavy atom. The average molecular weight is 378 g/mol. The molecule has 1 aromatic heterocycles. The lowest BCUT2D eigenvalue weighted by Gasteiger charge is -2.34. The van der Waals surface area contributed by atoms with E-state index in [0.29, 0.717) is 30.5 Å². The summed E-state index contributed by atoms with van der Waals surface area (Å²) in [7, 11) is -3.50. The highest BCUT2D eigenvalue weighted by Gasteiger charge is 2.31. The third-order valence-corrected chi connectivity index (χ3v) is 7.95. The maximum absolute atomic E-state index is 12.5. The van der Waals surface area contributed by atoms with Gasteiger partial charge in [-0.1, -0.05) is 24.4 Å². The van der Waals surface area contributed by atoms with Crippen molar-refractivity contribution in [3.8, 4) is 0 Å². The second-order valence-electron chi connectivity index (χ2n) is 5.88. The molecule has 0 atom stereocenters. The number of thiophene rings is 1. The van der Waals surface area contributed by atoms with Gasteiger partial charge in [-0.2, -0.15) is 4.31 Å². The van der Waals surface area contributed by atoms with Gasteiger partial charge in [0.15, 0.2) is 0 Å². The standard InChI is InChI=1S/C14H20ClN3O3S2/c15-12-5-6-13(22-12)23(20,21)18-9-7-17(8-10-18)14(19)16-11-3-1-2-4-11/h5-6,11H,1-4,7-10H2,(H,16,19). The van der Waals surface area contributed by atoms with E-state index in [1.807, 2.05) is 0 Å². The van der Waals surface area contributed by atoms with E-state index in [2.05, 4.69) is 5.32 Å². The molecule has 2 fully saturated rings. The van der Waals surface area contributed by atoms with E-state index >= 15 is 0 Å². The van der Waals surface area contributed by atoms with E-state index in [1.165, 1.54) is 23.2 Å². The Labute approximate surface area is 145 Å². The highest BCUT2D eigenvalue weighted by Crippen LogP contribution is 2.28. The Morgan fingerprint density at radius 1 is 1.17 bits per heavy atom. The first kappa shape index (κ1) is 17.0. The van der Waals surface area contributed by atoms with Crippen LogP contribution in [0, 0.1) is 0 Å². The van der Waals surface area contributed by atoms with Crippen LogP contribution in [0.2, 0.25) is 4.34 Å². The maximum atomic E-state index is 12.5. The zero-order valence-corrected chi connectivity index (χ0v) is 15.1. The molecule has 1 N–H and O–H groups in total. The Balaban J connectivity index is 1.56. The molecule has 2 heterocycles. The zero-order valence-electron chi connectivity index (χ0n) is 12.7. The van der Waals surface area contributed by atoms with Gasteiger partial charge in [-0.05, 0) is 25.0 Å². The number of sulfonamides is 1. The minimum Gasteiger partial charge on any atom is -0.335 e. The van der Waals surface area contributed by atoms with Crippen molar-refractivity contribution < 1.29 is 13.2 Å². The number of carbonyl (C=O) groups is 1. The molecule has 6 nitrogen and oxygen atoms in total. The number of nitrogens with zero attached hydrogens (tertiary/aromatic N) is 2. The molecule has 3 rings (SSSR count). The fourth-order valence-corrected chi connectivity index (χ4v) is 6.09. The molecule has 0 unspecified atom stereocenters. The molecule has 1 aromatic rings. The molecule has 0 bridgehead atoms. The van der Waals surface area contributed by atoms with Crippen molar-refractivity contribution in [1.82, 2.24) is 14.5 Å². The van der Waals surface area contributed by atoms with Gasteiger partial charge in [0.05, 0.1) is 4.34 Å². The summed E-state index contributed by atoms with van der Waals surface area (Å²) in [4.78, 5) is 13.9. The smallest absolute Gasteiger partial charge is 0.317 e. The van der Waals surface area contributed by atoms with Gasteiger partial charge in [-0.3, -0.25) is 0 Å². The van der Waals surface area contributed by atoms with Gasteiger partial charge in [0.1, 0.15) is 4.21 Å². The second-order valence-corrected chi connectivity index (χ2v) is 9.76. The number of amides is 2. The lowest BCUT2D eigenvalue weighted by molar-refractivity contribution is 0.169. The number of hydrogen-bond donors (Lipinski definition) is 1. The summed E-state index contributed by atoms with van der Waals surface area (Å²) in [5, 5.41) is 3.04. The SMILES string of the molecule is O=C(NC1CCCC1)N1CCN(S(=O)(=O)c2ccc(Cl)s2)CC1. The average Bonchev–Trinajstić information content (AvgIpc) is 3.19. The number of nitrogens with one attached hydrogen (secondary N) is 1. The van der Waals surface area contributed by atoms with Crippen molar-refractivity contribution in [2.24, 2.45) is 0 Å². The van der Waals surface area contributed by atoms with Crippen molar-refractivity contribution in [1.29, 1.82) is 0 Å². The second kappa shape index (κ2) is 6.96. The lowest BCUT2D eigenvalue weighted by Crippen LogP contribution is -2.54. The van der Waals surface area contributed by atoms with Crippen LogP contribution in [0.15, 0.2) is 16.3 Å². The van der Waals surface area contributed by atoms with E-state index < -0.39 is 10.0 Å². The molecule has 1 saturated carbocycles. The van der Waals surface area contributed by atoms with Crippen molar-refractivity contribution >= 4 is 39.0 Å². The summed E-state index contributed by atoms with van der Waals surface area (Å²) in [5.41, 5.74) is 0. The predicted octanol–water partition coefficient (Wildman–Crippen LogP) is 2.36. The quantitative estimate of drug-likeness (QED) is 0.879. The number of halogens is 1. The Bertz CT molecular complexity index is 663. The Kier molecular flexibility index (Phi) is 5.15. The predicted molar refractivity (Wildman–Crippen MR) is 90.4 cm³/mol. The van der Waals surface area contributed by atoms with Crippen molar-refractivity contribution in [3.05, 3.63) is 16.5 Å². The molecule has 128 valence electrons. The van der Waals surface area contributed by atoms with Crippen LogP contribution in [0.25, 0.3) is 0 Å². The normalized spacial score (nSPS) is 20.8.